The van der Waals surface area contributed by atoms with Crippen molar-refractivity contribution >= 4 is 5.69 Å². The van der Waals surface area contributed by atoms with E-state index < -0.39 is 11.7 Å². The molecule has 24 heavy (non-hydrogen) atoms. The topological polar surface area (TPSA) is 57.8 Å². The molecule has 0 radical (unpaired) electrons. The largest absolute Gasteiger partial charge is 0.418 e. The van der Waals surface area contributed by atoms with Gasteiger partial charge < -0.3 is 5.32 Å². The van der Waals surface area contributed by atoms with E-state index >= 15 is 0 Å². The van der Waals surface area contributed by atoms with Gasteiger partial charge >= 0.3 is 6.18 Å². The number of halogens is 3. The summed E-state index contributed by atoms with van der Waals surface area (Å²) in [5, 5.41) is 9.35. The van der Waals surface area contributed by atoms with Gasteiger partial charge in [0, 0.05) is 23.4 Å². The highest BCUT2D eigenvalue weighted by Gasteiger charge is 2.33. The number of hydrogen-bond acceptors (Lipinski definition) is 3. The second-order valence-corrected chi connectivity index (χ2v) is 5.85. The van der Waals surface area contributed by atoms with Crippen LogP contribution in [0.1, 0.15) is 36.5 Å². The van der Waals surface area contributed by atoms with Crippen LogP contribution >= 0.6 is 0 Å². The average Bonchev–Trinajstić information content (AvgIpc) is 2.55. The molecule has 3 rings (SSSR count). The first-order chi connectivity index (χ1) is 11.4. The molecule has 0 amide bonds. The standard InChI is InChI=1S/C17H18F3N3O/c1-2-21-14-9-10(7-8-13(14)17(18,19)20)15-11-5-3-4-6-12(11)16(24)23-22-15/h7-9,21H,2-6H2,1H3,(H,23,24). The predicted octanol–water partition coefficient (Wildman–Crippen LogP) is 3.77. The fourth-order valence-corrected chi connectivity index (χ4v) is 3.17. The van der Waals surface area contributed by atoms with Crippen LogP contribution < -0.4 is 10.9 Å². The molecule has 1 heterocycles. The van der Waals surface area contributed by atoms with Gasteiger partial charge in [0.15, 0.2) is 0 Å². The van der Waals surface area contributed by atoms with Crippen molar-refractivity contribution in [1.29, 1.82) is 0 Å². The molecule has 1 aromatic carbocycles. The molecule has 1 aliphatic rings. The molecule has 7 heteroatoms. The SMILES string of the molecule is CCNc1cc(-c2n[nH]c(=O)c3c2CCCC3)ccc1C(F)(F)F. The summed E-state index contributed by atoms with van der Waals surface area (Å²) in [6.45, 7) is 2.12. The molecule has 0 unspecified atom stereocenters. The molecule has 0 saturated carbocycles. The van der Waals surface area contributed by atoms with Crippen molar-refractivity contribution < 1.29 is 13.2 Å². The minimum Gasteiger partial charge on any atom is -0.385 e. The summed E-state index contributed by atoms with van der Waals surface area (Å²) in [5.41, 5.74) is 1.83. The molecule has 0 aliphatic heterocycles. The maximum absolute atomic E-state index is 13.1. The van der Waals surface area contributed by atoms with Crippen molar-refractivity contribution in [2.45, 2.75) is 38.8 Å². The lowest BCUT2D eigenvalue weighted by atomic mass is 9.89. The minimum atomic E-state index is -4.42. The molecule has 0 spiro atoms. The Hall–Kier alpha value is -2.31. The van der Waals surface area contributed by atoms with Crippen LogP contribution in [-0.4, -0.2) is 16.7 Å². The van der Waals surface area contributed by atoms with Gasteiger partial charge in [0.05, 0.1) is 11.3 Å². The molecule has 0 fully saturated rings. The highest BCUT2D eigenvalue weighted by Crippen LogP contribution is 2.38. The number of rotatable bonds is 3. The Morgan fingerprint density at radius 2 is 1.92 bits per heavy atom. The Bertz CT molecular complexity index is 812. The van der Waals surface area contributed by atoms with Crippen LogP contribution in [0.4, 0.5) is 18.9 Å². The third-order valence-corrected chi connectivity index (χ3v) is 4.26. The van der Waals surface area contributed by atoms with E-state index in [0.717, 1.165) is 30.9 Å². The molecule has 0 bridgehead atoms. The van der Waals surface area contributed by atoms with Gasteiger partial charge in [0.1, 0.15) is 0 Å². The summed E-state index contributed by atoms with van der Waals surface area (Å²) in [5.74, 6) is 0. The van der Waals surface area contributed by atoms with E-state index in [9.17, 15) is 18.0 Å². The van der Waals surface area contributed by atoms with Crippen LogP contribution in [0.5, 0.6) is 0 Å². The number of anilines is 1. The van der Waals surface area contributed by atoms with E-state index in [2.05, 4.69) is 15.5 Å². The van der Waals surface area contributed by atoms with Gasteiger partial charge in [-0.3, -0.25) is 4.79 Å². The van der Waals surface area contributed by atoms with Crippen molar-refractivity contribution in [3.05, 3.63) is 45.2 Å². The molecule has 2 N–H and O–H groups in total. The van der Waals surface area contributed by atoms with Crippen LogP contribution in [0, 0.1) is 0 Å². The van der Waals surface area contributed by atoms with Gasteiger partial charge in [-0.2, -0.15) is 18.3 Å². The molecule has 1 aromatic heterocycles. The maximum Gasteiger partial charge on any atom is 0.418 e. The number of alkyl halides is 3. The van der Waals surface area contributed by atoms with Crippen molar-refractivity contribution in [3.8, 4) is 11.3 Å². The second-order valence-electron chi connectivity index (χ2n) is 5.85. The average molecular weight is 337 g/mol. The smallest absolute Gasteiger partial charge is 0.385 e. The van der Waals surface area contributed by atoms with E-state index in [1.807, 2.05) is 0 Å². The van der Waals surface area contributed by atoms with Gasteiger partial charge in [0.25, 0.3) is 5.56 Å². The lowest BCUT2D eigenvalue weighted by Crippen LogP contribution is -2.21. The summed E-state index contributed by atoms with van der Waals surface area (Å²) in [7, 11) is 0. The fourth-order valence-electron chi connectivity index (χ4n) is 3.17. The Morgan fingerprint density at radius 1 is 1.21 bits per heavy atom. The van der Waals surface area contributed by atoms with Gasteiger partial charge in [-0.05, 0) is 50.3 Å². The Labute approximate surface area is 137 Å². The Balaban J connectivity index is 2.14. The van der Waals surface area contributed by atoms with Crippen LogP contribution in [-0.2, 0) is 19.0 Å². The number of nitrogens with one attached hydrogen (secondary N) is 2. The summed E-state index contributed by atoms with van der Waals surface area (Å²) in [4.78, 5) is 11.9. The predicted molar refractivity (Wildman–Crippen MR) is 86.1 cm³/mol. The first-order valence-corrected chi connectivity index (χ1v) is 7.97. The lowest BCUT2D eigenvalue weighted by Gasteiger charge is -2.19. The number of nitrogens with zero attached hydrogens (tertiary/aromatic N) is 1. The summed E-state index contributed by atoms with van der Waals surface area (Å²) in [6, 6.07) is 3.94. The van der Waals surface area contributed by atoms with E-state index in [0.29, 0.717) is 29.8 Å². The zero-order valence-corrected chi connectivity index (χ0v) is 13.3. The molecule has 2 aromatic rings. The summed E-state index contributed by atoms with van der Waals surface area (Å²) < 4.78 is 39.4. The normalized spacial score (nSPS) is 14.3. The maximum atomic E-state index is 13.1. The van der Waals surface area contributed by atoms with Crippen LogP contribution in [0.15, 0.2) is 23.0 Å². The van der Waals surface area contributed by atoms with Gasteiger partial charge in [-0.25, -0.2) is 5.10 Å². The Kier molecular flexibility index (Phi) is 4.34. The minimum absolute atomic E-state index is 0.0278. The highest BCUT2D eigenvalue weighted by molar-refractivity contribution is 5.71. The monoisotopic (exact) mass is 337 g/mol. The van der Waals surface area contributed by atoms with Crippen molar-refractivity contribution in [2.24, 2.45) is 0 Å². The molecule has 0 saturated heterocycles. The van der Waals surface area contributed by atoms with Gasteiger partial charge in [0.2, 0.25) is 0 Å². The molecular weight excluding hydrogens is 319 g/mol. The molecule has 4 nitrogen and oxygen atoms in total. The van der Waals surface area contributed by atoms with Crippen LogP contribution in [0.3, 0.4) is 0 Å². The van der Waals surface area contributed by atoms with Crippen molar-refractivity contribution in [1.82, 2.24) is 10.2 Å². The number of aromatic nitrogens is 2. The van der Waals surface area contributed by atoms with E-state index in [1.54, 1.807) is 6.92 Å². The number of H-pyrrole nitrogens is 1. The third-order valence-electron chi connectivity index (χ3n) is 4.26. The van der Waals surface area contributed by atoms with Crippen LogP contribution in [0.2, 0.25) is 0 Å². The molecule has 1 aliphatic carbocycles. The first-order valence-electron chi connectivity index (χ1n) is 7.97. The molecule has 0 atom stereocenters. The third kappa shape index (κ3) is 3.02. The summed E-state index contributed by atoms with van der Waals surface area (Å²) >= 11 is 0. The van der Waals surface area contributed by atoms with E-state index in [4.69, 9.17) is 0 Å². The quantitative estimate of drug-likeness (QED) is 0.896. The van der Waals surface area contributed by atoms with E-state index in [-0.39, 0.29) is 11.2 Å². The van der Waals surface area contributed by atoms with Crippen molar-refractivity contribution in [3.63, 3.8) is 0 Å². The Morgan fingerprint density at radius 3 is 2.58 bits per heavy atom. The highest BCUT2D eigenvalue weighted by atomic mass is 19.4. The number of benzene rings is 1. The summed E-state index contributed by atoms with van der Waals surface area (Å²) in [6.07, 6.45) is -1.13. The zero-order chi connectivity index (χ0) is 17.3. The fraction of sp³-hybridized carbons (Fsp3) is 0.412. The van der Waals surface area contributed by atoms with Crippen LogP contribution in [0.25, 0.3) is 11.3 Å². The lowest BCUT2D eigenvalue weighted by molar-refractivity contribution is -0.136. The number of fused-ring (bicyclic) bond motifs is 1. The van der Waals surface area contributed by atoms with Crippen molar-refractivity contribution in [2.75, 3.05) is 11.9 Å². The number of hydrogen-bond donors (Lipinski definition) is 2. The van der Waals surface area contributed by atoms with Gasteiger partial charge in [-0.15, -0.1) is 0 Å². The zero-order valence-electron chi connectivity index (χ0n) is 13.3. The second kappa shape index (κ2) is 6.30. The molecular formula is C17H18F3N3O. The van der Waals surface area contributed by atoms with E-state index in [1.165, 1.54) is 12.1 Å². The molecule has 128 valence electrons. The first kappa shape index (κ1) is 16.5. The number of aromatic amines is 1. The van der Waals surface area contributed by atoms with Gasteiger partial charge in [-0.1, -0.05) is 6.07 Å².